The van der Waals surface area contributed by atoms with Gasteiger partial charge in [-0.3, -0.25) is 9.59 Å². The van der Waals surface area contributed by atoms with Crippen LogP contribution in [-0.2, 0) is 9.59 Å². The van der Waals surface area contributed by atoms with Gasteiger partial charge in [0.1, 0.15) is 34.5 Å². The van der Waals surface area contributed by atoms with Crippen molar-refractivity contribution >= 4 is 23.2 Å². The smallest absolute Gasteiger partial charge is 0.240 e. The maximum atomic E-state index is 11.8. The molecule has 0 aliphatic rings. The molecule has 2 aromatic heterocycles. The molecule has 150 valence electrons. The molecule has 8 nitrogen and oxygen atoms in total. The minimum atomic E-state index is -0.204. The highest BCUT2D eigenvalue weighted by atomic mass is 16.3. The molecule has 0 saturated carbocycles. The van der Waals surface area contributed by atoms with E-state index in [0.29, 0.717) is 35.8 Å². The van der Waals surface area contributed by atoms with Gasteiger partial charge in [-0.15, -0.1) is 0 Å². The van der Waals surface area contributed by atoms with Crippen LogP contribution in [0.4, 0.5) is 0 Å². The Morgan fingerprint density at radius 3 is 1.50 bits per heavy atom. The molecule has 2 aromatic rings. The van der Waals surface area contributed by atoms with Gasteiger partial charge in [-0.05, 0) is 64.8 Å². The number of aryl methyl sites for hydroxylation is 2. The van der Waals surface area contributed by atoms with Gasteiger partial charge in [0.2, 0.25) is 11.8 Å². The van der Waals surface area contributed by atoms with Crippen LogP contribution < -0.4 is 10.9 Å². The summed E-state index contributed by atoms with van der Waals surface area (Å²) in [5.41, 5.74) is 6.19. The Hall–Kier alpha value is -3.16. The first-order chi connectivity index (χ1) is 13.3. The molecule has 2 heterocycles. The summed E-state index contributed by atoms with van der Waals surface area (Å²) in [5.74, 6) is 2.40. The van der Waals surface area contributed by atoms with Crippen LogP contribution in [0.3, 0.4) is 0 Å². The highest BCUT2D eigenvalue weighted by Gasteiger charge is 2.07. The molecule has 28 heavy (non-hydrogen) atoms. The Bertz CT molecular complexity index is 804. The van der Waals surface area contributed by atoms with E-state index >= 15 is 0 Å². The molecule has 0 aromatic carbocycles. The number of hydrogen-bond donors (Lipinski definition) is 2. The SMILES string of the molecule is C/C(=N/NC(=O)CCCCC(=O)N/N=C(/C)c1ccc(C)o1)c1ccc(C)o1. The Balaban J connectivity index is 1.63. The summed E-state index contributed by atoms with van der Waals surface area (Å²) in [6.45, 7) is 7.21. The molecular weight excluding hydrogens is 360 g/mol. The van der Waals surface area contributed by atoms with Gasteiger partial charge in [-0.25, -0.2) is 10.9 Å². The second kappa shape index (κ2) is 10.2. The van der Waals surface area contributed by atoms with Crippen molar-refractivity contribution in [2.45, 2.75) is 53.4 Å². The summed E-state index contributed by atoms with van der Waals surface area (Å²) in [4.78, 5) is 23.6. The van der Waals surface area contributed by atoms with E-state index in [4.69, 9.17) is 8.83 Å². The minimum absolute atomic E-state index is 0.204. The summed E-state index contributed by atoms with van der Waals surface area (Å²) >= 11 is 0. The Labute approximate surface area is 164 Å². The van der Waals surface area contributed by atoms with Gasteiger partial charge in [0.05, 0.1) is 0 Å². The van der Waals surface area contributed by atoms with E-state index in [0.717, 1.165) is 11.5 Å². The third-order valence-electron chi connectivity index (χ3n) is 3.95. The average Bonchev–Trinajstić information content (AvgIpc) is 3.29. The van der Waals surface area contributed by atoms with E-state index in [9.17, 15) is 9.59 Å². The van der Waals surface area contributed by atoms with Crippen LogP contribution >= 0.6 is 0 Å². The van der Waals surface area contributed by atoms with Gasteiger partial charge >= 0.3 is 0 Å². The lowest BCUT2D eigenvalue weighted by molar-refractivity contribution is -0.123. The second-order valence-corrected chi connectivity index (χ2v) is 6.49. The number of rotatable bonds is 9. The number of hydrazone groups is 2. The molecule has 0 atom stereocenters. The van der Waals surface area contributed by atoms with Gasteiger partial charge < -0.3 is 8.83 Å². The molecule has 2 rings (SSSR count). The fourth-order valence-corrected chi connectivity index (χ4v) is 2.34. The Kier molecular flexibility index (Phi) is 7.74. The molecule has 2 N–H and O–H groups in total. The van der Waals surface area contributed by atoms with Crippen LogP contribution in [0, 0.1) is 13.8 Å². The molecule has 0 bridgehead atoms. The van der Waals surface area contributed by atoms with Crippen molar-refractivity contribution in [3.8, 4) is 0 Å². The predicted octanol–water partition coefficient (Wildman–Crippen LogP) is 3.43. The third-order valence-corrected chi connectivity index (χ3v) is 3.95. The maximum absolute atomic E-state index is 11.8. The number of carbonyl (C=O) groups is 2. The lowest BCUT2D eigenvalue weighted by Crippen LogP contribution is -2.20. The molecule has 0 aliphatic heterocycles. The topological polar surface area (TPSA) is 109 Å². The quantitative estimate of drug-likeness (QED) is 0.391. The van der Waals surface area contributed by atoms with Crippen LogP contribution in [0.15, 0.2) is 43.3 Å². The minimum Gasteiger partial charge on any atom is -0.460 e. The van der Waals surface area contributed by atoms with Crippen molar-refractivity contribution in [1.29, 1.82) is 0 Å². The number of carbonyl (C=O) groups excluding carboxylic acids is 2. The molecule has 0 unspecified atom stereocenters. The van der Waals surface area contributed by atoms with Crippen LogP contribution in [0.1, 0.15) is 62.6 Å². The Morgan fingerprint density at radius 1 is 0.786 bits per heavy atom. The van der Waals surface area contributed by atoms with Gasteiger partial charge in [0.15, 0.2) is 0 Å². The number of hydrogen-bond acceptors (Lipinski definition) is 6. The largest absolute Gasteiger partial charge is 0.460 e. The first kappa shape index (κ1) is 21.1. The maximum Gasteiger partial charge on any atom is 0.240 e. The van der Waals surface area contributed by atoms with Crippen molar-refractivity contribution in [2.24, 2.45) is 10.2 Å². The summed E-state index contributed by atoms with van der Waals surface area (Å²) in [6, 6.07) is 7.28. The molecule has 0 spiro atoms. The molecule has 0 radical (unpaired) electrons. The molecule has 0 aliphatic carbocycles. The molecule has 8 heteroatoms. The molecule has 2 amide bonds. The van der Waals surface area contributed by atoms with Crippen molar-refractivity contribution in [2.75, 3.05) is 0 Å². The average molecular weight is 386 g/mol. The second-order valence-electron chi connectivity index (χ2n) is 6.49. The Morgan fingerprint density at radius 2 is 1.18 bits per heavy atom. The number of amides is 2. The van der Waals surface area contributed by atoms with Crippen LogP contribution in [-0.4, -0.2) is 23.2 Å². The first-order valence-electron chi connectivity index (χ1n) is 9.15. The van der Waals surface area contributed by atoms with E-state index in [1.54, 1.807) is 26.0 Å². The number of nitrogens with zero attached hydrogens (tertiary/aromatic N) is 2. The first-order valence-corrected chi connectivity index (χ1v) is 9.15. The fourth-order valence-electron chi connectivity index (χ4n) is 2.34. The van der Waals surface area contributed by atoms with E-state index < -0.39 is 0 Å². The zero-order valence-electron chi connectivity index (χ0n) is 16.7. The fraction of sp³-hybridized carbons (Fsp3) is 0.400. The zero-order chi connectivity index (χ0) is 20.5. The van der Waals surface area contributed by atoms with Gasteiger partial charge in [-0.2, -0.15) is 10.2 Å². The van der Waals surface area contributed by atoms with Crippen LogP contribution in [0.5, 0.6) is 0 Å². The van der Waals surface area contributed by atoms with E-state index in [2.05, 4.69) is 21.1 Å². The number of nitrogens with one attached hydrogen (secondary N) is 2. The number of unbranched alkanes of at least 4 members (excludes halogenated alkanes) is 1. The lowest BCUT2D eigenvalue weighted by Gasteiger charge is -2.03. The monoisotopic (exact) mass is 386 g/mol. The van der Waals surface area contributed by atoms with Crippen molar-refractivity contribution in [3.05, 3.63) is 47.3 Å². The van der Waals surface area contributed by atoms with Crippen molar-refractivity contribution < 1.29 is 18.4 Å². The molecule has 0 saturated heterocycles. The summed E-state index contributed by atoms with van der Waals surface area (Å²) in [7, 11) is 0. The highest BCUT2D eigenvalue weighted by Crippen LogP contribution is 2.08. The summed E-state index contributed by atoms with van der Waals surface area (Å²) in [5, 5.41) is 8.04. The number of furan rings is 2. The molecule has 0 fully saturated rings. The summed E-state index contributed by atoms with van der Waals surface area (Å²) < 4.78 is 10.9. The normalized spacial score (nSPS) is 12.1. The van der Waals surface area contributed by atoms with Crippen molar-refractivity contribution in [3.63, 3.8) is 0 Å². The van der Waals surface area contributed by atoms with Gasteiger partial charge in [0.25, 0.3) is 0 Å². The van der Waals surface area contributed by atoms with E-state index in [1.165, 1.54) is 0 Å². The van der Waals surface area contributed by atoms with Gasteiger partial charge in [-0.1, -0.05) is 0 Å². The molecular formula is C20H26N4O4. The zero-order valence-corrected chi connectivity index (χ0v) is 16.7. The predicted molar refractivity (Wildman–Crippen MR) is 106 cm³/mol. The highest BCUT2D eigenvalue weighted by molar-refractivity contribution is 5.97. The van der Waals surface area contributed by atoms with Crippen molar-refractivity contribution in [1.82, 2.24) is 10.9 Å². The van der Waals surface area contributed by atoms with Crippen LogP contribution in [0.2, 0.25) is 0 Å². The van der Waals surface area contributed by atoms with E-state index in [1.807, 2.05) is 26.0 Å². The van der Waals surface area contributed by atoms with Gasteiger partial charge in [0, 0.05) is 12.8 Å². The summed E-state index contributed by atoms with van der Waals surface area (Å²) in [6.07, 6.45) is 1.73. The third kappa shape index (κ3) is 6.86. The lowest BCUT2D eigenvalue weighted by atomic mass is 10.2. The standard InChI is InChI=1S/C20H26N4O4/c1-13-9-11-17(27-13)15(3)21-23-19(25)7-5-6-8-20(26)24-22-16(4)18-12-10-14(2)28-18/h9-12H,5-8H2,1-4H3,(H,23,25)(H,24,26)/b21-15-,22-16-. The van der Waals surface area contributed by atoms with E-state index in [-0.39, 0.29) is 24.7 Å². The van der Waals surface area contributed by atoms with Crippen LogP contribution in [0.25, 0.3) is 0 Å².